The summed E-state index contributed by atoms with van der Waals surface area (Å²) in [5.41, 5.74) is 4.95. The fourth-order valence-electron chi connectivity index (χ4n) is 2.14. The molecule has 0 bridgehead atoms. The highest BCUT2D eigenvalue weighted by molar-refractivity contribution is 7.53. The number of hydrogen-bond acceptors (Lipinski definition) is 7. The van der Waals surface area contributed by atoms with Gasteiger partial charge in [-0.15, -0.1) is 0 Å². The number of rotatable bonds is 9. The lowest BCUT2D eigenvalue weighted by molar-refractivity contribution is 0.283. The molecule has 1 aliphatic heterocycles. The monoisotopic (exact) mass is 493 g/mol. The van der Waals surface area contributed by atoms with Crippen molar-refractivity contribution in [3.05, 3.63) is 0 Å². The molecular weight excluding hydrogens is 466 g/mol. The van der Waals surface area contributed by atoms with Gasteiger partial charge in [0.25, 0.3) is 0 Å². The van der Waals surface area contributed by atoms with Crippen molar-refractivity contribution < 1.29 is 57.4 Å². The summed E-state index contributed by atoms with van der Waals surface area (Å²) in [5, 5.41) is 3.81. The average Bonchev–Trinajstić information content (AvgIpc) is 2.92. The van der Waals surface area contributed by atoms with Crippen LogP contribution in [0.2, 0.25) is 0 Å². The number of hydrogen-bond donors (Lipinski definition) is 11. The van der Waals surface area contributed by atoms with Crippen molar-refractivity contribution in [3.8, 4) is 0 Å². The van der Waals surface area contributed by atoms with Crippen LogP contribution in [0.15, 0.2) is 0 Å². The molecule has 0 radical (unpaired) electrons. The molecule has 0 amide bonds. The van der Waals surface area contributed by atoms with Crippen molar-refractivity contribution >= 4 is 30.4 Å². The maximum Gasteiger partial charge on any atom is 0.359 e. The predicted molar refractivity (Wildman–Crippen MR) is 98.5 cm³/mol. The Morgan fingerprint density at radius 2 is 1.25 bits per heavy atom. The third-order valence-corrected chi connectivity index (χ3v) is 7.99. The van der Waals surface area contributed by atoms with Crippen LogP contribution in [-0.4, -0.2) is 75.7 Å². The minimum atomic E-state index is -4.41. The molecule has 1 rings (SSSR count). The van der Waals surface area contributed by atoms with Crippen LogP contribution in [0.25, 0.3) is 0 Å². The second-order valence-electron chi connectivity index (χ2n) is 6.08. The van der Waals surface area contributed by atoms with Crippen LogP contribution < -0.4 is 16.4 Å². The van der Waals surface area contributed by atoms with Crippen LogP contribution in [0.1, 0.15) is 19.3 Å². The van der Waals surface area contributed by atoms with Crippen LogP contribution in [0, 0.1) is 0 Å². The molecule has 0 spiro atoms. The molecule has 1 aliphatic rings. The van der Waals surface area contributed by atoms with E-state index in [1.165, 1.54) is 0 Å². The summed E-state index contributed by atoms with van der Waals surface area (Å²) in [5.74, 6) is -1.50. The fraction of sp³-hybridized carbons (Fsp3) is 1.00. The standard InChI is InChI=1S/C6H16N2O6P2.C3H11NO6P2/c9-15(10,11)5-1-2-6(16(12,13)14)7-3-4-8-6;4-3(12(8,9)10)1-2-11(5,6)7/h7-8H,1-5H2,(H2,9,10,11)(H2,12,13,14);3H,1-2,4H2,(H2,5,6,7)(H2,8,9,10). The molecular formula is C9H27N3O12P4. The zero-order valence-corrected chi connectivity index (χ0v) is 18.2. The lowest BCUT2D eigenvalue weighted by atomic mass is 10.3. The topological polar surface area (TPSA) is 280 Å². The van der Waals surface area contributed by atoms with Gasteiger partial charge in [-0.05, 0) is 19.3 Å². The Hall–Kier alpha value is 0.480. The number of nitrogens with two attached hydrogens (primary N) is 1. The zero-order chi connectivity index (χ0) is 22.4. The quantitative estimate of drug-likeness (QED) is 0.155. The third-order valence-electron chi connectivity index (χ3n) is 3.59. The molecule has 0 aromatic carbocycles. The highest BCUT2D eigenvalue weighted by Gasteiger charge is 2.48. The summed E-state index contributed by atoms with van der Waals surface area (Å²) in [6.07, 6.45) is -1.37. The van der Waals surface area contributed by atoms with E-state index in [1.54, 1.807) is 0 Å². The van der Waals surface area contributed by atoms with E-state index < -0.39 is 54.2 Å². The highest BCUT2D eigenvalue weighted by atomic mass is 31.2. The summed E-state index contributed by atoms with van der Waals surface area (Å²) >= 11 is 0. The smallest absolute Gasteiger partial charge is 0.324 e. The predicted octanol–water partition coefficient (Wildman–Crippen LogP) is -2.01. The molecule has 19 heteroatoms. The van der Waals surface area contributed by atoms with Crippen LogP contribution in [0.3, 0.4) is 0 Å². The lowest BCUT2D eigenvalue weighted by Gasteiger charge is -2.30. The summed E-state index contributed by atoms with van der Waals surface area (Å²) < 4.78 is 42.5. The van der Waals surface area contributed by atoms with Crippen LogP contribution in [0.4, 0.5) is 0 Å². The summed E-state index contributed by atoms with van der Waals surface area (Å²) in [6, 6.07) is 0. The third kappa shape index (κ3) is 11.6. The number of nitrogens with one attached hydrogen (secondary N) is 2. The van der Waals surface area contributed by atoms with Gasteiger partial charge >= 0.3 is 30.4 Å². The Balaban J connectivity index is 0.000000546. The summed E-state index contributed by atoms with van der Waals surface area (Å²) in [6.45, 7) is 0.835. The second kappa shape index (κ2) is 10.7. The van der Waals surface area contributed by atoms with Gasteiger partial charge in [-0.2, -0.15) is 0 Å². The van der Waals surface area contributed by atoms with Gasteiger partial charge in [-0.3, -0.25) is 28.9 Å². The van der Waals surface area contributed by atoms with Gasteiger partial charge in [0.15, 0.2) is 5.40 Å². The van der Waals surface area contributed by atoms with Gasteiger partial charge in [0, 0.05) is 19.3 Å². The molecule has 0 aromatic rings. The second-order valence-corrected chi connectivity index (χ2v) is 13.3. The van der Waals surface area contributed by atoms with E-state index >= 15 is 0 Å². The first-order chi connectivity index (χ1) is 12.3. The van der Waals surface area contributed by atoms with Crippen LogP contribution in [-0.2, 0) is 18.3 Å². The van der Waals surface area contributed by atoms with Gasteiger partial charge < -0.3 is 44.9 Å². The molecule has 1 unspecified atom stereocenters. The minimum Gasteiger partial charge on any atom is -0.324 e. The maximum atomic E-state index is 11.3. The molecule has 1 heterocycles. The zero-order valence-electron chi connectivity index (χ0n) is 14.6. The van der Waals surface area contributed by atoms with Crippen molar-refractivity contribution in [1.82, 2.24) is 10.6 Å². The molecule has 1 saturated heterocycles. The molecule has 170 valence electrons. The van der Waals surface area contributed by atoms with Crippen molar-refractivity contribution in [2.75, 3.05) is 25.4 Å². The van der Waals surface area contributed by atoms with E-state index in [-0.39, 0.29) is 19.0 Å². The molecule has 1 atom stereocenters. The fourth-order valence-corrected chi connectivity index (χ4v) is 5.08. The van der Waals surface area contributed by atoms with Crippen molar-refractivity contribution in [2.45, 2.75) is 30.4 Å². The molecule has 28 heavy (non-hydrogen) atoms. The van der Waals surface area contributed by atoms with Gasteiger partial charge in [0.1, 0.15) is 5.78 Å². The Labute approximate surface area is 160 Å². The Morgan fingerprint density at radius 3 is 1.57 bits per heavy atom. The van der Waals surface area contributed by atoms with E-state index in [0.29, 0.717) is 13.1 Å². The average molecular weight is 493 g/mol. The first-order valence-corrected chi connectivity index (χ1v) is 14.6. The van der Waals surface area contributed by atoms with E-state index in [4.69, 9.17) is 35.1 Å². The summed E-state index contributed by atoms with van der Waals surface area (Å²) in [7, 11) is -17.1. The lowest BCUT2D eigenvalue weighted by Crippen LogP contribution is -2.48. The largest absolute Gasteiger partial charge is 0.359 e. The SMILES string of the molecule is NC(CCP(=O)(O)O)P(=O)(O)O.O=P(O)(O)CCCC1(P(=O)(O)O)NCCN1. The van der Waals surface area contributed by atoms with Crippen molar-refractivity contribution in [3.63, 3.8) is 0 Å². The molecule has 15 nitrogen and oxygen atoms in total. The first-order valence-electron chi connectivity index (χ1n) is 7.75. The molecule has 0 aromatic heterocycles. The van der Waals surface area contributed by atoms with E-state index in [0.717, 1.165) is 0 Å². The molecule has 0 aliphatic carbocycles. The van der Waals surface area contributed by atoms with Crippen molar-refractivity contribution in [1.29, 1.82) is 0 Å². The Morgan fingerprint density at radius 1 is 0.821 bits per heavy atom. The summed E-state index contributed by atoms with van der Waals surface area (Å²) in [4.78, 5) is 69.2. The normalized spacial score (nSPS) is 19.0. The van der Waals surface area contributed by atoms with Gasteiger partial charge in [-0.1, -0.05) is 0 Å². The molecule has 12 N–H and O–H groups in total. The molecule has 1 fully saturated rings. The Bertz CT molecular complexity index is 674. The van der Waals surface area contributed by atoms with Gasteiger partial charge in [0.05, 0.1) is 6.16 Å². The first kappa shape index (κ1) is 28.5. The van der Waals surface area contributed by atoms with E-state index in [9.17, 15) is 28.0 Å². The van der Waals surface area contributed by atoms with E-state index in [2.05, 4.69) is 10.6 Å². The highest BCUT2D eigenvalue weighted by Crippen LogP contribution is 2.51. The Kier molecular flexibility index (Phi) is 10.9. The van der Waals surface area contributed by atoms with Gasteiger partial charge in [-0.25, -0.2) is 0 Å². The van der Waals surface area contributed by atoms with Crippen LogP contribution in [0.5, 0.6) is 0 Å². The maximum absolute atomic E-state index is 11.3. The van der Waals surface area contributed by atoms with Gasteiger partial charge in [0.2, 0.25) is 0 Å². The molecule has 0 saturated carbocycles. The van der Waals surface area contributed by atoms with Crippen molar-refractivity contribution in [2.24, 2.45) is 5.73 Å². The van der Waals surface area contributed by atoms with Crippen LogP contribution >= 0.6 is 30.4 Å². The minimum absolute atomic E-state index is 0.0254. The van der Waals surface area contributed by atoms with E-state index in [1.807, 2.05) is 0 Å².